The number of thiophene rings is 1. The molecule has 0 saturated heterocycles. The second-order valence-corrected chi connectivity index (χ2v) is 5.39. The fraction of sp³-hybridized carbons (Fsp3) is 0.556. The first-order chi connectivity index (χ1) is 5.74. The highest BCUT2D eigenvalue weighted by Gasteiger charge is 2.06. The third-order valence-corrected chi connectivity index (χ3v) is 3.58. The molecule has 1 rings (SSSR count). The maximum Gasteiger partial charge on any atom is 0.0701 e. The topological polar surface area (TPSA) is 26.0 Å². The Morgan fingerprint density at radius 2 is 2.23 bits per heavy atom. The van der Waals surface area contributed by atoms with Crippen molar-refractivity contribution in [3.8, 4) is 0 Å². The molecule has 1 heterocycles. The number of rotatable bonds is 4. The molecule has 0 aliphatic rings. The highest BCUT2D eigenvalue weighted by atomic mass is 79.9. The molecule has 4 heteroatoms. The van der Waals surface area contributed by atoms with Gasteiger partial charge in [0, 0.05) is 10.9 Å². The summed E-state index contributed by atoms with van der Waals surface area (Å²) in [5.74, 6) is 0. The molecule has 13 heavy (non-hydrogen) atoms. The predicted molar refractivity (Wildman–Crippen MR) is 65.7 cm³/mol. The lowest BCUT2D eigenvalue weighted by Gasteiger charge is -2.07. The van der Waals surface area contributed by atoms with Gasteiger partial charge in [-0.05, 0) is 34.5 Å². The third kappa shape index (κ3) is 4.45. The molecule has 0 amide bonds. The van der Waals surface area contributed by atoms with E-state index < -0.39 is 0 Å². The summed E-state index contributed by atoms with van der Waals surface area (Å²) >= 11 is 5.17. The van der Waals surface area contributed by atoms with Crippen LogP contribution in [0.2, 0.25) is 0 Å². The van der Waals surface area contributed by atoms with Gasteiger partial charge in [-0.3, -0.25) is 0 Å². The predicted octanol–water partition coefficient (Wildman–Crippen LogP) is 4.12. The molecule has 0 spiro atoms. The summed E-state index contributed by atoms with van der Waals surface area (Å²) in [5, 5.41) is 0. The molecule has 0 aromatic carbocycles. The van der Waals surface area contributed by atoms with E-state index in [0.717, 1.165) is 6.42 Å². The minimum absolute atomic E-state index is 0. The average molecular weight is 285 g/mol. The van der Waals surface area contributed by atoms with E-state index in [2.05, 4.69) is 35.0 Å². The van der Waals surface area contributed by atoms with Crippen molar-refractivity contribution in [1.82, 2.24) is 0 Å². The molecular weight excluding hydrogens is 270 g/mol. The van der Waals surface area contributed by atoms with Gasteiger partial charge in [-0.25, -0.2) is 0 Å². The molecular formula is C9H15BrClNS. The zero-order valence-corrected chi connectivity index (χ0v) is 10.8. The van der Waals surface area contributed by atoms with Gasteiger partial charge in [-0.15, -0.1) is 23.7 Å². The van der Waals surface area contributed by atoms with Crippen molar-refractivity contribution < 1.29 is 0 Å². The largest absolute Gasteiger partial charge is 0.323 e. The van der Waals surface area contributed by atoms with Gasteiger partial charge in [0.25, 0.3) is 0 Å². The first-order valence-electron chi connectivity index (χ1n) is 4.25. The fourth-order valence-electron chi connectivity index (χ4n) is 1.09. The maximum absolute atomic E-state index is 5.98. The van der Waals surface area contributed by atoms with Crippen LogP contribution in [0.4, 0.5) is 0 Å². The Balaban J connectivity index is 0.00000144. The maximum atomic E-state index is 5.98. The van der Waals surface area contributed by atoms with Crippen LogP contribution < -0.4 is 5.73 Å². The number of unbranched alkanes of at least 4 members (excludes halogenated alkanes) is 1. The second-order valence-electron chi connectivity index (χ2n) is 2.89. The number of halogens is 2. The van der Waals surface area contributed by atoms with Crippen molar-refractivity contribution in [2.45, 2.75) is 32.2 Å². The molecule has 0 aliphatic heterocycles. The Kier molecular flexibility index (Phi) is 7.05. The first kappa shape index (κ1) is 13.4. The van der Waals surface area contributed by atoms with Crippen molar-refractivity contribution >= 4 is 39.7 Å². The summed E-state index contributed by atoms with van der Waals surface area (Å²) in [6.45, 7) is 2.19. The lowest BCUT2D eigenvalue weighted by molar-refractivity contribution is 0.611. The smallest absolute Gasteiger partial charge is 0.0701 e. The second kappa shape index (κ2) is 6.82. The summed E-state index contributed by atoms with van der Waals surface area (Å²) in [7, 11) is 0. The van der Waals surface area contributed by atoms with Crippen LogP contribution in [-0.4, -0.2) is 0 Å². The molecule has 1 atom stereocenters. The summed E-state index contributed by atoms with van der Waals surface area (Å²) in [4.78, 5) is 1.29. The zero-order valence-electron chi connectivity index (χ0n) is 7.63. The summed E-state index contributed by atoms with van der Waals surface area (Å²) < 4.78 is 1.17. The van der Waals surface area contributed by atoms with Gasteiger partial charge in [-0.2, -0.15) is 0 Å². The van der Waals surface area contributed by atoms with Crippen molar-refractivity contribution in [2.24, 2.45) is 5.73 Å². The molecule has 1 aromatic rings. The van der Waals surface area contributed by atoms with Crippen LogP contribution >= 0.6 is 39.7 Å². The Hall–Kier alpha value is 0.430. The lowest BCUT2D eigenvalue weighted by atomic mass is 10.1. The normalized spacial score (nSPS) is 12.2. The van der Waals surface area contributed by atoms with E-state index in [1.807, 2.05) is 0 Å². The highest BCUT2D eigenvalue weighted by molar-refractivity contribution is 9.11. The van der Waals surface area contributed by atoms with Crippen molar-refractivity contribution in [1.29, 1.82) is 0 Å². The van der Waals surface area contributed by atoms with Crippen LogP contribution in [0.1, 0.15) is 37.1 Å². The van der Waals surface area contributed by atoms with Gasteiger partial charge in [0.15, 0.2) is 0 Å². The molecule has 76 valence electrons. The van der Waals surface area contributed by atoms with Crippen LogP contribution in [0.5, 0.6) is 0 Å². The van der Waals surface area contributed by atoms with Crippen molar-refractivity contribution in [2.75, 3.05) is 0 Å². The SMILES string of the molecule is CCCC[C@H](N)c1ccc(Br)s1.Cl. The summed E-state index contributed by atoms with van der Waals surface area (Å²) in [6.07, 6.45) is 3.54. The van der Waals surface area contributed by atoms with Crippen LogP contribution in [0.25, 0.3) is 0 Å². The Morgan fingerprint density at radius 1 is 1.54 bits per heavy atom. The molecule has 0 bridgehead atoms. The lowest BCUT2D eigenvalue weighted by Crippen LogP contribution is -2.07. The summed E-state index contributed by atoms with van der Waals surface area (Å²) in [6, 6.07) is 4.40. The quantitative estimate of drug-likeness (QED) is 0.884. The van der Waals surface area contributed by atoms with E-state index in [-0.39, 0.29) is 18.4 Å². The van der Waals surface area contributed by atoms with Gasteiger partial charge in [0.05, 0.1) is 3.79 Å². The van der Waals surface area contributed by atoms with E-state index >= 15 is 0 Å². The Bertz CT molecular complexity index is 239. The van der Waals surface area contributed by atoms with Gasteiger partial charge in [-0.1, -0.05) is 19.8 Å². The standard InChI is InChI=1S/C9H14BrNS.ClH/c1-2-3-4-7(11)8-5-6-9(10)12-8;/h5-7H,2-4,11H2,1H3;1H/t7-;/m0./s1. The highest BCUT2D eigenvalue weighted by Crippen LogP contribution is 2.28. The van der Waals surface area contributed by atoms with Gasteiger partial charge in [0.2, 0.25) is 0 Å². The summed E-state index contributed by atoms with van der Waals surface area (Å²) in [5.41, 5.74) is 5.98. The Morgan fingerprint density at radius 3 is 2.69 bits per heavy atom. The van der Waals surface area contributed by atoms with Gasteiger partial charge < -0.3 is 5.73 Å². The van der Waals surface area contributed by atoms with Crippen LogP contribution in [0.15, 0.2) is 15.9 Å². The molecule has 0 radical (unpaired) electrons. The minimum Gasteiger partial charge on any atom is -0.323 e. The van der Waals surface area contributed by atoms with Gasteiger partial charge in [0.1, 0.15) is 0 Å². The zero-order chi connectivity index (χ0) is 8.97. The van der Waals surface area contributed by atoms with E-state index in [9.17, 15) is 0 Å². The number of nitrogens with two attached hydrogens (primary N) is 1. The Labute approximate surface area is 98.3 Å². The number of hydrogen-bond donors (Lipinski definition) is 1. The van der Waals surface area contributed by atoms with Crippen LogP contribution in [0.3, 0.4) is 0 Å². The van der Waals surface area contributed by atoms with Crippen LogP contribution in [0, 0.1) is 0 Å². The van der Waals surface area contributed by atoms with Crippen molar-refractivity contribution in [3.05, 3.63) is 20.8 Å². The molecule has 1 aromatic heterocycles. The molecule has 0 saturated carbocycles. The van der Waals surface area contributed by atoms with E-state index in [4.69, 9.17) is 5.73 Å². The fourth-order valence-corrected chi connectivity index (χ4v) is 2.55. The van der Waals surface area contributed by atoms with Gasteiger partial charge >= 0.3 is 0 Å². The monoisotopic (exact) mass is 283 g/mol. The van der Waals surface area contributed by atoms with Crippen molar-refractivity contribution in [3.63, 3.8) is 0 Å². The molecule has 0 unspecified atom stereocenters. The van der Waals surface area contributed by atoms with Crippen LogP contribution in [-0.2, 0) is 0 Å². The first-order valence-corrected chi connectivity index (χ1v) is 5.85. The minimum atomic E-state index is 0. The third-order valence-electron chi connectivity index (χ3n) is 1.83. The van der Waals surface area contributed by atoms with E-state index in [1.54, 1.807) is 11.3 Å². The number of hydrogen-bond acceptors (Lipinski definition) is 2. The van der Waals surface area contributed by atoms with E-state index in [0.29, 0.717) is 0 Å². The molecule has 0 fully saturated rings. The molecule has 1 nitrogen and oxygen atoms in total. The molecule has 2 N–H and O–H groups in total. The average Bonchev–Trinajstić information content (AvgIpc) is 2.47. The molecule has 0 aliphatic carbocycles. The van der Waals surface area contributed by atoms with E-state index in [1.165, 1.54) is 21.5 Å².